The van der Waals surface area contributed by atoms with Gasteiger partial charge >= 0.3 is 0 Å². The third-order valence-corrected chi connectivity index (χ3v) is 5.33. The van der Waals surface area contributed by atoms with Gasteiger partial charge in [0.25, 0.3) is 0 Å². The predicted molar refractivity (Wildman–Crippen MR) is 89.6 cm³/mol. The normalized spacial score (nSPS) is 24.3. The minimum absolute atomic E-state index is 0.224. The van der Waals surface area contributed by atoms with Gasteiger partial charge in [0.2, 0.25) is 5.91 Å². The van der Waals surface area contributed by atoms with E-state index in [2.05, 4.69) is 11.0 Å². The third-order valence-electron chi connectivity index (χ3n) is 5.33. The number of carbonyl (C=O) groups excluding carboxylic acids is 1. The molecule has 2 atom stereocenters. The lowest BCUT2D eigenvalue weighted by molar-refractivity contribution is -0.132. The van der Waals surface area contributed by atoms with Crippen molar-refractivity contribution in [2.75, 3.05) is 13.1 Å². The first kappa shape index (κ1) is 16.9. The predicted octanol–water partition coefficient (Wildman–Crippen LogP) is 3.06. The van der Waals surface area contributed by atoms with E-state index in [1.165, 1.54) is 12.1 Å². The van der Waals surface area contributed by atoms with Gasteiger partial charge in [0, 0.05) is 37.2 Å². The first-order chi connectivity index (χ1) is 11.6. The second-order valence-electron chi connectivity index (χ2n) is 6.75. The van der Waals surface area contributed by atoms with Crippen LogP contribution in [-0.4, -0.2) is 40.9 Å². The highest BCUT2D eigenvalue weighted by Crippen LogP contribution is 2.31. The number of rotatable bonds is 4. The molecule has 0 aliphatic carbocycles. The summed E-state index contributed by atoms with van der Waals surface area (Å²) in [6, 6.07) is 7.16. The molecular weight excluding hydrogens is 305 g/mol. The highest BCUT2D eigenvalue weighted by atomic mass is 19.1. The van der Waals surface area contributed by atoms with Crippen LogP contribution >= 0.6 is 0 Å². The second-order valence-corrected chi connectivity index (χ2v) is 6.75. The molecule has 2 fully saturated rings. The number of halogens is 1. The molecular formula is C19H24FN3O. The van der Waals surface area contributed by atoms with Gasteiger partial charge in [0.15, 0.2) is 0 Å². The molecule has 0 radical (unpaired) electrons. The molecule has 24 heavy (non-hydrogen) atoms. The van der Waals surface area contributed by atoms with Crippen molar-refractivity contribution in [3.05, 3.63) is 35.1 Å². The van der Waals surface area contributed by atoms with E-state index in [0.29, 0.717) is 30.1 Å². The van der Waals surface area contributed by atoms with Gasteiger partial charge in [-0.1, -0.05) is 6.92 Å². The van der Waals surface area contributed by atoms with Crippen LogP contribution < -0.4 is 0 Å². The molecule has 5 heteroatoms. The summed E-state index contributed by atoms with van der Waals surface area (Å²) in [6.07, 6.45) is 4.77. The standard InChI is InChI=1S/C19H24FN3O/c1-2-19(24)23-10-4-6-18(23)17-5-3-9-22(17)13-15-11-14(12-21)7-8-16(15)20/h7-8,11,17-18H,2-6,9-10,13H2,1H3. The van der Waals surface area contributed by atoms with Gasteiger partial charge < -0.3 is 4.90 Å². The molecule has 3 rings (SSSR count). The number of hydrogen-bond acceptors (Lipinski definition) is 3. The summed E-state index contributed by atoms with van der Waals surface area (Å²) < 4.78 is 14.1. The van der Waals surface area contributed by atoms with E-state index < -0.39 is 0 Å². The lowest BCUT2D eigenvalue weighted by atomic mass is 10.0. The molecule has 1 aromatic rings. The van der Waals surface area contributed by atoms with E-state index in [0.717, 1.165) is 38.8 Å². The van der Waals surface area contributed by atoms with Crippen molar-refractivity contribution in [1.82, 2.24) is 9.80 Å². The molecule has 2 saturated heterocycles. The average molecular weight is 329 g/mol. The van der Waals surface area contributed by atoms with E-state index in [4.69, 9.17) is 5.26 Å². The fourth-order valence-electron chi connectivity index (χ4n) is 4.17. The third kappa shape index (κ3) is 3.29. The number of amides is 1. The Labute approximate surface area is 142 Å². The lowest BCUT2D eigenvalue weighted by Gasteiger charge is -2.35. The summed E-state index contributed by atoms with van der Waals surface area (Å²) in [5.74, 6) is -0.0328. The Hall–Kier alpha value is -1.93. The summed E-state index contributed by atoms with van der Waals surface area (Å²) in [6.45, 7) is 4.19. The molecule has 128 valence electrons. The van der Waals surface area contributed by atoms with E-state index in [1.54, 1.807) is 6.07 Å². The Balaban J connectivity index is 1.76. The SMILES string of the molecule is CCC(=O)N1CCCC1C1CCCN1Cc1cc(C#N)ccc1F. The van der Waals surface area contributed by atoms with Gasteiger partial charge in [-0.2, -0.15) is 5.26 Å². The molecule has 2 unspecified atom stereocenters. The molecule has 2 aliphatic rings. The Morgan fingerprint density at radius 1 is 1.29 bits per heavy atom. The first-order valence-corrected chi connectivity index (χ1v) is 8.86. The Bertz CT molecular complexity index is 655. The van der Waals surface area contributed by atoms with Gasteiger partial charge in [0.05, 0.1) is 11.6 Å². The van der Waals surface area contributed by atoms with E-state index in [9.17, 15) is 9.18 Å². The Kier molecular flexibility index (Phi) is 5.15. The molecule has 0 bridgehead atoms. The summed E-state index contributed by atoms with van der Waals surface area (Å²) >= 11 is 0. The maximum atomic E-state index is 14.1. The van der Waals surface area contributed by atoms with E-state index in [1.807, 2.05) is 11.8 Å². The summed E-state index contributed by atoms with van der Waals surface area (Å²) in [5.41, 5.74) is 1.07. The molecule has 2 heterocycles. The average Bonchev–Trinajstić information content (AvgIpc) is 3.24. The zero-order valence-electron chi connectivity index (χ0n) is 14.2. The maximum absolute atomic E-state index is 14.1. The molecule has 0 saturated carbocycles. The number of benzene rings is 1. The van der Waals surface area contributed by atoms with Crippen molar-refractivity contribution in [1.29, 1.82) is 5.26 Å². The Morgan fingerprint density at radius 2 is 2.04 bits per heavy atom. The molecule has 1 amide bonds. The van der Waals surface area contributed by atoms with Gasteiger partial charge in [-0.25, -0.2) is 4.39 Å². The lowest BCUT2D eigenvalue weighted by Crippen LogP contribution is -2.47. The minimum atomic E-state index is -0.257. The van der Waals surface area contributed by atoms with Crippen molar-refractivity contribution in [2.24, 2.45) is 0 Å². The molecule has 0 spiro atoms. The second kappa shape index (κ2) is 7.31. The summed E-state index contributed by atoms with van der Waals surface area (Å²) in [5, 5.41) is 9.03. The fourth-order valence-corrected chi connectivity index (χ4v) is 4.17. The van der Waals surface area contributed by atoms with Crippen LogP contribution in [0, 0.1) is 17.1 Å². The Morgan fingerprint density at radius 3 is 2.79 bits per heavy atom. The largest absolute Gasteiger partial charge is 0.338 e. The van der Waals surface area contributed by atoms with Crippen molar-refractivity contribution in [2.45, 2.75) is 57.7 Å². The van der Waals surface area contributed by atoms with Gasteiger partial charge in [-0.05, 0) is 50.4 Å². The smallest absolute Gasteiger partial charge is 0.222 e. The molecule has 0 aromatic heterocycles. The molecule has 0 N–H and O–H groups in total. The van der Waals surface area contributed by atoms with Crippen LogP contribution in [0.15, 0.2) is 18.2 Å². The topological polar surface area (TPSA) is 47.3 Å². The summed E-state index contributed by atoms with van der Waals surface area (Å²) in [4.78, 5) is 16.5. The minimum Gasteiger partial charge on any atom is -0.338 e. The van der Waals surface area contributed by atoms with Gasteiger partial charge in [0.1, 0.15) is 5.82 Å². The highest BCUT2D eigenvalue weighted by molar-refractivity contribution is 5.76. The number of nitrogens with zero attached hydrogens (tertiary/aromatic N) is 3. The number of likely N-dealkylation sites (tertiary alicyclic amines) is 2. The van der Waals surface area contributed by atoms with Crippen LogP contribution in [0.2, 0.25) is 0 Å². The number of hydrogen-bond donors (Lipinski definition) is 0. The van der Waals surface area contributed by atoms with E-state index >= 15 is 0 Å². The quantitative estimate of drug-likeness (QED) is 0.853. The van der Waals surface area contributed by atoms with Crippen LogP contribution in [0.4, 0.5) is 4.39 Å². The van der Waals surface area contributed by atoms with Gasteiger partial charge in [-0.15, -0.1) is 0 Å². The highest BCUT2D eigenvalue weighted by Gasteiger charge is 2.39. The first-order valence-electron chi connectivity index (χ1n) is 8.86. The zero-order valence-corrected chi connectivity index (χ0v) is 14.2. The molecule has 1 aromatic carbocycles. The number of nitriles is 1. The van der Waals surface area contributed by atoms with Gasteiger partial charge in [-0.3, -0.25) is 9.69 Å². The van der Waals surface area contributed by atoms with E-state index in [-0.39, 0.29) is 17.8 Å². The monoisotopic (exact) mass is 329 g/mol. The maximum Gasteiger partial charge on any atom is 0.222 e. The van der Waals surface area contributed by atoms with Crippen LogP contribution in [-0.2, 0) is 11.3 Å². The summed E-state index contributed by atoms with van der Waals surface area (Å²) in [7, 11) is 0. The van der Waals surface area contributed by atoms with Crippen molar-refractivity contribution < 1.29 is 9.18 Å². The van der Waals surface area contributed by atoms with Crippen LogP contribution in [0.25, 0.3) is 0 Å². The van der Waals surface area contributed by atoms with Crippen molar-refractivity contribution >= 4 is 5.91 Å². The fraction of sp³-hybridized carbons (Fsp3) is 0.579. The van der Waals surface area contributed by atoms with Crippen LogP contribution in [0.1, 0.15) is 50.2 Å². The van der Waals surface area contributed by atoms with Crippen molar-refractivity contribution in [3.8, 4) is 6.07 Å². The molecule has 4 nitrogen and oxygen atoms in total. The molecule has 2 aliphatic heterocycles. The number of carbonyl (C=O) groups is 1. The van der Waals surface area contributed by atoms with Crippen molar-refractivity contribution in [3.63, 3.8) is 0 Å². The van der Waals surface area contributed by atoms with Crippen LogP contribution in [0.5, 0.6) is 0 Å². The van der Waals surface area contributed by atoms with Crippen LogP contribution in [0.3, 0.4) is 0 Å². The zero-order chi connectivity index (χ0) is 17.1.